The molecule has 5 heteroatoms. The number of rotatable bonds is 3. The molecule has 1 atom stereocenters. The van der Waals surface area contributed by atoms with E-state index in [4.69, 9.17) is 16.0 Å². The first-order valence-corrected chi connectivity index (χ1v) is 7.06. The third-order valence-electron chi connectivity index (χ3n) is 3.58. The number of nitrogens with one attached hydrogen (secondary N) is 1. The standard InChI is InChI=1S/C15H16ClFN2O/c16-13-4-3-11(17)10-12(13)15(14-2-1-9-20-14)19-7-5-18-6-8-19/h1-4,9-10,15,18H,5-8H2/t15-/m1/s1. The molecule has 0 radical (unpaired) electrons. The molecule has 1 fully saturated rings. The molecule has 2 heterocycles. The zero-order chi connectivity index (χ0) is 13.9. The van der Waals surface area contributed by atoms with Crippen molar-refractivity contribution in [2.45, 2.75) is 6.04 Å². The lowest BCUT2D eigenvalue weighted by Gasteiger charge is -2.34. The van der Waals surface area contributed by atoms with Crippen LogP contribution < -0.4 is 5.32 Å². The normalized spacial score (nSPS) is 18.1. The van der Waals surface area contributed by atoms with Crippen LogP contribution >= 0.6 is 11.6 Å². The number of nitrogens with zero attached hydrogens (tertiary/aromatic N) is 1. The van der Waals surface area contributed by atoms with E-state index >= 15 is 0 Å². The van der Waals surface area contributed by atoms with Gasteiger partial charge in [-0.2, -0.15) is 0 Å². The van der Waals surface area contributed by atoms with E-state index in [-0.39, 0.29) is 11.9 Å². The Morgan fingerprint density at radius 2 is 2.05 bits per heavy atom. The van der Waals surface area contributed by atoms with Crippen LogP contribution in [0.25, 0.3) is 0 Å². The molecule has 2 aromatic rings. The highest BCUT2D eigenvalue weighted by Gasteiger charge is 2.28. The van der Waals surface area contributed by atoms with Crippen LogP contribution in [0.4, 0.5) is 4.39 Å². The maximum Gasteiger partial charge on any atom is 0.125 e. The van der Waals surface area contributed by atoms with Gasteiger partial charge in [-0.05, 0) is 35.9 Å². The largest absolute Gasteiger partial charge is 0.467 e. The molecule has 1 aromatic heterocycles. The highest BCUT2D eigenvalue weighted by molar-refractivity contribution is 6.31. The fourth-order valence-corrected chi connectivity index (χ4v) is 2.86. The Kier molecular flexibility index (Phi) is 4.05. The maximum atomic E-state index is 13.6. The maximum absolute atomic E-state index is 13.6. The van der Waals surface area contributed by atoms with Gasteiger partial charge in [0.05, 0.1) is 12.3 Å². The van der Waals surface area contributed by atoms with E-state index < -0.39 is 0 Å². The van der Waals surface area contributed by atoms with Crippen LogP contribution in [0.3, 0.4) is 0 Å². The molecule has 1 aliphatic heterocycles. The number of furan rings is 1. The lowest BCUT2D eigenvalue weighted by Crippen LogP contribution is -2.45. The fraction of sp³-hybridized carbons (Fsp3) is 0.333. The van der Waals surface area contributed by atoms with Gasteiger partial charge in [-0.25, -0.2) is 4.39 Å². The third-order valence-corrected chi connectivity index (χ3v) is 3.93. The summed E-state index contributed by atoms with van der Waals surface area (Å²) >= 11 is 6.28. The summed E-state index contributed by atoms with van der Waals surface area (Å²) in [5.74, 6) is 0.510. The average Bonchev–Trinajstić information content (AvgIpc) is 2.98. The number of hydrogen-bond acceptors (Lipinski definition) is 3. The summed E-state index contributed by atoms with van der Waals surface area (Å²) in [5.41, 5.74) is 0.753. The molecule has 20 heavy (non-hydrogen) atoms. The van der Waals surface area contributed by atoms with Crippen molar-refractivity contribution in [1.29, 1.82) is 0 Å². The first-order valence-electron chi connectivity index (χ1n) is 6.69. The molecule has 0 bridgehead atoms. The van der Waals surface area contributed by atoms with Gasteiger partial charge < -0.3 is 9.73 Å². The van der Waals surface area contributed by atoms with Gasteiger partial charge in [0.15, 0.2) is 0 Å². The molecule has 1 N–H and O–H groups in total. The van der Waals surface area contributed by atoms with Crippen LogP contribution in [0.15, 0.2) is 41.0 Å². The number of piperazine rings is 1. The van der Waals surface area contributed by atoms with Crippen molar-refractivity contribution in [2.24, 2.45) is 0 Å². The molecule has 3 rings (SSSR count). The van der Waals surface area contributed by atoms with Crippen LogP contribution in [-0.2, 0) is 0 Å². The van der Waals surface area contributed by atoms with Gasteiger partial charge in [-0.1, -0.05) is 11.6 Å². The second-order valence-corrected chi connectivity index (χ2v) is 5.28. The van der Waals surface area contributed by atoms with Crippen molar-refractivity contribution in [3.8, 4) is 0 Å². The molecule has 0 saturated carbocycles. The highest BCUT2D eigenvalue weighted by atomic mass is 35.5. The topological polar surface area (TPSA) is 28.4 Å². The van der Waals surface area contributed by atoms with E-state index in [0.29, 0.717) is 5.02 Å². The summed E-state index contributed by atoms with van der Waals surface area (Å²) in [6.07, 6.45) is 1.64. The number of halogens is 2. The molecule has 1 aromatic carbocycles. The van der Waals surface area contributed by atoms with E-state index in [1.54, 1.807) is 12.3 Å². The van der Waals surface area contributed by atoms with E-state index in [2.05, 4.69) is 10.2 Å². The van der Waals surface area contributed by atoms with Gasteiger partial charge in [-0.3, -0.25) is 4.90 Å². The second kappa shape index (κ2) is 5.95. The third kappa shape index (κ3) is 2.73. The summed E-state index contributed by atoms with van der Waals surface area (Å²) in [4.78, 5) is 2.26. The van der Waals surface area contributed by atoms with E-state index in [9.17, 15) is 4.39 Å². The molecule has 1 saturated heterocycles. The van der Waals surface area contributed by atoms with Crippen molar-refractivity contribution in [2.75, 3.05) is 26.2 Å². The monoisotopic (exact) mass is 294 g/mol. The lowest BCUT2D eigenvalue weighted by atomic mass is 10.0. The van der Waals surface area contributed by atoms with Gasteiger partial charge in [0.1, 0.15) is 11.6 Å². The molecule has 106 valence electrons. The van der Waals surface area contributed by atoms with Crippen LogP contribution in [0, 0.1) is 5.82 Å². The predicted octanol–water partition coefficient (Wildman–Crippen LogP) is 3.07. The first-order chi connectivity index (χ1) is 9.75. The quantitative estimate of drug-likeness (QED) is 0.943. The SMILES string of the molecule is Fc1ccc(Cl)c([C@H](c2ccco2)N2CCNCC2)c1. The zero-order valence-electron chi connectivity index (χ0n) is 11.0. The molecule has 1 aliphatic rings. The Balaban J connectivity index is 2.02. The Hall–Kier alpha value is -1.36. The van der Waals surface area contributed by atoms with E-state index in [1.165, 1.54) is 12.1 Å². The number of benzene rings is 1. The molecule has 0 amide bonds. The molecule has 0 aliphatic carbocycles. The highest BCUT2D eigenvalue weighted by Crippen LogP contribution is 2.34. The molecule has 0 unspecified atom stereocenters. The van der Waals surface area contributed by atoms with Crippen LogP contribution in [0.2, 0.25) is 5.02 Å². The minimum atomic E-state index is -0.281. The van der Waals surface area contributed by atoms with E-state index in [0.717, 1.165) is 37.5 Å². The molecule has 3 nitrogen and oxygen atoms in total. The van der Waals surface area contributed by atoms with Crippen LogP contribution in [-0.4, -0.2) is 31.1 Å². The van der Waals surface area contributed by atoms with Gasteiger partial charge >= 0.3 is 0 Å². The first kappa shape index (κ1) is 13.6. The Bertz CT molecular complexity index is 567. The number of hydrogen-bond donors (Lipinski definition) is 1. The van der Waals surface area contributed by atoms with Gasteiger partial charge in [-0.15, -0.1) is 0 Å². The Morgan fingerprint density at radius 3 is 2.75 bits per heavy atom. The minimum absolute atomic E-state index is 0.143. The zero-order valence-corrected chi connectivity index (χ0v) is 11.7. The second-order valence-electron chi connectivity index (χ2n) is 4.87. The van der Waals surface area contributed by atoms with Gasteiger partial charge in [0.25, 0.3) is 0 Å². The summed E-state index contributed by atoms with van der Waals surface area (Å²) in [6.45, 7) is 3.56. The van der Waals surface area contributed by atoms with Crippen LogP contribution in [0.5, 0.6) is 0 Å². The molecule has 0 spiro atoms. The Labute approximate surface area is 122 Å². The summed E-state index contributed by atoms with van der Waals surface area (Å²) in [6, 6.07) is 8.09. The molecular formula is C15H16ClFN2O. The van der Waals surface area contributed by atoms with Gasteiger partial charge in [0.2, 0.25) is 0 Å². The predicted molar refractivity (Wildman–Crippen MR) is 76.4 cm³/mol. The summed E-state index contributed by atoms with van der Waals surface area (Å²) in [5, 5.41) is 3.87. The van der Waals surface area contributed by atoms with Crippen molar-refractivity contribution in [3.05, 3.63) is 58.8 Å². The van der Waals surface area contributed by atoms with Gasteiger partial charge in [0, 0.05) is 31.2 Å². The summed E-state index contributed by atoms with van der Waals surface area (Å²) < 4.78 is 19.2. The Morgan fingerprint density at radius 1 is 1.25 bits per heavy atom. The summed E-state index contributed by atoms with van der Waals surface area (Å²) in [7, 11) is 0. The van der Waals surface area contributed by atoms with Crippen molar-refractivity contribution < 1.29 is 8.81 Å². The minimum Gasteiger partial charge on any atom is -0.467 e. The fourth-order valence-electron chi connectivity index (χ4n) is 2.64. The smallest absolute Gasteiger partial charge is 0.125 e. The van der Waals surface area contributed by atoms with Crippen molar-refractivity contribution in [1.82, 2.24) is 10.2 Å². The van der Waals surface area contributed by atoms with Crippen molar-refractivity contribution >= 4 is 11.6 Å². The lowest BCUT2D eigenvalue weighted by molar-refractivity contribution is 0.180. The van der Waals surface area contributed by atoms with Crippen LogP contribution in [0.1, 0.15) is 17.4 Å². The van der Waals surface area contributed by atoms with E-state index in [1.807, 2.05) is 12.1 Å². The average molecular weight is 295 g/mol. The van der Waals surface area contributed by atoms with Crippen molar-refractivity contribution in [3.63, 3.8) is 0 Å². The molecular weight excluding hydrogens is 279 g/mol.